The van der Waals surface area contributed by atoms with Gasteiger partial charge in [0.2, 0.25) is 10.0 Å². The minimum atomic E-state index is -3.50. The van der Waals surface area contributed by atoms with E-state index in [1.54, 1.807) is 18.2 Å². The topological polar surface area (TPSA) is 66.5 Å². The van der Waals surface area contributed by atoms with Gasteiger partial charge in [0.1, 0.15) is 0 Å². The summed E-state index contributed by atoms with van der Waals surface area (Å²) in [7, 11) is -0.603. The third kappa shape index (κ3) is 3.84. The summed E-state index contributed by atoms with van der Waals surface area (Å²) in [5.74, 6) is -0.430. The standard InChI is InChI=1S/C15H14Cl2N2O3S/c1-19(2)23(21,22)11-8-6-10(7-9-11)18-15(20)12-4-3-5-13(16)14(12)17/h3-9H,1-2H3,(H,18,20). The summed E-state index contributed by atoms with van der Waals surface area (Å²) in [6, 6.07) is 10.6. The van der Waals surface area contributed by atoms with Crippen LogP contribution in [-0.2, 0) is 10.0 Å². The molecule has 0 saturated heterocycles. The van der Waals surface area contributed by atoms with Gasteiger partial charge in [-0.3, -0.25) is 4.79 Å². The Morgan fingerprint density at radius 3 is 2.22 bits per heavy atom. The van der Waals surface area contributed by atoms with Crippen molar-refractivity contribution in [2.75, 3.05) is 19.4 Å². The van der Waals surface area contributed by atoms with E-state index in [1.807, 2.05) is 0 Å². The number of nitrogens with one attached hydrogen (secondary N) is 1. The van der Waals surface area contributed by atoms with E-state index < -0.39 is 15.9 Å². The van der Waals surface area contributed by atoms with Gasteiger partial charge in [0.05, 0.1) is 20.5 Å². The molecule has 0 aliphatic heterocycles. The van der Waals surface area contributed by atoms with Gasteiger partial charge in [-0.05, 0) is 36.4 Å². The normalized spacial score (nSPS) is 11.5. The molecule has 0 aliphatic rings. The lowest BCUT2D eigenvalue weighted by atomic mass is 10.2. The van der Waals surface area contributed by atoms with E-state index in [9.17, 15) is 13.2 Å². The molecule has 1 amide bonds. The van der Waals surface area contributed by atoms with Gasteiger partial charge in [-0.25, -0.2) is 12.7 Å². The summed E-state index contributed by atoms with van der Waals surface area (Å²) in [6.45, 7) is 0. The average Bonchev–Trinajstić information content (AvgIpc) is 2.50. The van der Waals surface area contributed by atoms with E-state index >= 15 is 0 Å². The summed E-state index contributed by atoms with van der Waals surface area (Å²) >= 11 is 11.9. The summed E-state index contributed by atoms with van der Waals surface area (Å²) in [4.78, 5) is 12.3. The van der Waals surface area contributed by atoms with Crippen molar-refractivity contribution in [3.63, 3.8) is 0 Å². The van der Waals surface area contributed by atoms with Gasteiger partial charge in [-0.15, -0.1) is 0 Å². The number of carbonyl (C=O) groups excluding carboxylic acids is 1. The van der Waals surface area contributed by atoms with Crippen LogP contribution in [0.1, 0.15) is 10.4 Å². The first-order valence-electron chi connectivity index (χ1n) is 6.51. The molecule has 8 heteroatoms. The number of amides is 1. The van der Waals surface area contributed by atoms with Crippen LogP contribution in [0.5, 0.6) is 0 Å². The lowest BCUT2D eigenvalue weighted by Gasteiger charge is -2.12. The van der Waals surface area contributed by atoms with Crippen molar-refractivity contribution in [2.24, 2.45) is 0 Å². The minimum absolute atomic E-state index is 0.140. The van der Waals surface area contributed by atoms with Crippen molar-refractivity contribution in [3.8, 4) is 0 Å². The minimum Gasteiger partial charge on any atom is -0.322 e. The number of rotatable bonds is 4. The highest BCUT2D eigenvalue weighted by atomic mass is 35.5. The van der Waals surface area contributed by atoms with Crippen molar-refractivity contribution in [1.29, 1.82) is 0 Å². The summed E-state index contributed by atoms with van der Waals surface area (Å²) in [6.07, 6.45) is 0. The van der Waals surface area contributed by atoms with Gasteiger partial charge in [0.15, 0.2) is 0 Å². The SMILES string of the molecule is CN(C)S(=O)(=O)c1ccc(NC(=O)c2cccc(Cl)c2Cl)cc1. The van der Waals surface area contributed by atoms with Crippen molar-refractivity contribution >= 4 is 44.8 Å². The predicted octanol–water partition coefficient (Wildman–Crippen LogP) is 3.50. The van der Waals surface area contributed by atoms with Crippen molar-refractivity contribution in [3.05, 3.63) is 58.1 Å². The molecule has 0 aliphatic carbocycles. The Balaban J connectivity index is 2.22. The molecule has 0 aromatic heterocycles. The molecule has 0 fully saturated rings. The van der Waals surface area contributed by atoms with Crippen molar-refractivity contribution in [1.82, 2.24) is 4.31 Å². The van der Waals surface area contributed by atoms with Crippen LogP contribution >= 0.6 is 23.2 Å². The number of carbonyl (C=O) groups is 1. The van der Waals surface area contributed by atoms with Gasteiger partial charge in [0, 0.05) is 19.8 Å². The number of nitrogens with zero attached hydrogens (tertiary/aromatic N) is 1. The summed E-state index contributed by atoms with van der Waals surface area (Å²) < 4.78 is 25.1. The van der Waals surface area contributed by atoms with E-state index in [4.69, 9.17) is 23.2 Å². The lowest BCUT2D eigenvalue weighted by molar-refractivity contribution is 0.102. The second-order valence-electron chi connectivity index (χ2n) is 4.87. The molecule has 0 heterocycles. The molecule has 0 unspecified atom stereocenters. The molecule has 1 N–H and O–H groups in total. The monoisotopic (exact) mass is 372 g/mol. The largest absolute Gasteiger partial charge is 0.322 e. The highest BCUT2D eigenvalue weighted by Crippen LogP contribution is 2.26. The van der Waals surface area contributed by atoms with E-state index in [0.717, 1.165) is 4.31 Å². The van der Waals surface area contributed by atoms with Gasteiger partial charge in [-0.2, -0.15) is 0 Å². The van der Waals surface area contributed by atoms with Crippen LogP contribution in [0, 0.1) is 0 Å². The second kappa shape index (κ2) is 6.88. The van der Waals surface area contributed by atoms with Crippen LogP contribution in [0.4, 0.5) is 5.69 Å². The Bertz CT molecular complexity index is 834. The Hall–Kier alpha value is -1.60. The molecule has 23 heavy (non-hydrogen) atoms. The van der Waals surface area contributed by atoms with Crippen LogP contribution in [0.2, 0.25) is 10.0 Å². The quantitative estimate of drug-likeness (QED) is 0.892. The molecule has 0 spiro atoms. The molecule has 5 nitrogen and oxygen atoms in total. The molecular weight excluding hydrogens is 359 g/mol. The molecule has 122 valence electrons. The van der Waals surface area contributed by atoms with Crippen molar-refractivity contribution < 1.29 is 13.2 Å². The fraction of sp³-hybridized carbons (Fsp3) is 0.133. The van der Waals surface area contributed by atoms with E-state index in [2.05, 4.69) is 5.32 Å². The Morgan fingerprint density at radius 2 is 1.65 bits per heavy atom. The first kappa shape index (κ1) is 17.7. The first-order valence-corrected chi connectivity index (χ1v) is 8.71. The molecule has 0 atom stereocenters. The van der Waals surface area contributed by atoms with Crippen LogP contribution in [0.3, 0.4) is 0 Å². The maximum Gasteiger partial charge on any atom is 0.257 e. The average molecular weight is 373 g/mol. The Morgan fingerprint density at radius 1 is 1.04 bits per heavy atom. The van der Waals surface area contributed by atoms with Gasteiger partial charge < -0.3 is 5.32 Å². The van der Waals surface area contributed by atoms with E-state index in [-0.39, 0.29) is 20.5 Å². The summed E-state index contributed by atoms with van der Waals surface area (Å²) in [5.41, 5.74) is 0.688. The number of hydrogen-bond acceptors (Lipinski definition) is 3. The lowest BCUT2D eigenvalue weighted by Crippen LogP contribution is -2.22. The highest BCUT2D eigenvalue weighted by Gasteiger charge is 2.17. The van der Waals surface area contributed by atoms with Crippen molar-refractivity contribution in [2.45, 2.75) is 4.90 Å². The molecule has 2 aromatic carbocycles. The van der Waals surface area contributed by atoms with Gasteiger partial charge in [-0.1, -0.05) is 29.3 Å². The third-order valence-corrected chi connectivity index (χ3v) is 5.74. The highest BCUT2D eigenvalue weighted by molar-refractivity contribution is 7.89. The zero-order valence-electron chi connectivity index (χ0n) is 12.4. The summed E-state index contributed by atoms with van der Waals surface area (Å²) in [5, 5.41) is 3.09. The van der Waals surface area contributed by atoms with Crippen LogP contribution in [0.15, 0.2) is 47.4 Å². The number of benzene rings is 2. The van der Waals surface area contributed by atoms with Gasteiger partial charge in [0.25, 0.3) is 5.91 Å². The number of halogens is 2. The Labute approximate surface area is 144 Å². The smallest absolute Gasteiger partial charge is 0.257 e. The van der Waals surface area contributed by atoms with E-state index in [0.29, 0.717) is 5.69 Å². The van der Waals surface area contributed by atoms with Crippen LogP contribution < -0.4 is 5.32 Å². The van der Waals surface area contributed by atoms with Gasteiger partial charge >= 0.3 is 0 Å². The number of hydrogen-bond donors (Lipinski definition) is 1. The predicted molar refractivity (Wildman–Crippen MR) is 91.7 cm³/mol. The number of anilines is 1. The fourth-order valence-electron chi connectivity index (χ4n) is 1.80. The first-order chi connectivity index (χ1) is 10.7. The molecule has 0 saturated carbocycles. The fourth-order valence-corrected chi connectivity index (χ4v) is 3.09. The maximum atomic E-state index is 12.2. The molecule has 2 aromatic rings. The van der Waals surface area contributed by atoms with Crippen LogP contribution in [-0.4, -0.2) is 32.7 Å². The number of sulfonamides is 1. The maximum absolute atomic E-state index is 12.2. The molecule has 0 bridgehead atoms. The molecule has 2 rings (SSSR count). The molecular formula is C15H14Cl2N2O3S. The van der Waals surface area contributed by atoms with Crippen LogP contribution in [0.25, 0.3) is 0 Å². The molecule has 0 radical (unpaired) electrons. The zero-order valence-corrected chi connectivity index (χ0v) is 14.7. The van der Waals surface area contributed by atoms with E-state index in [1.165, 1.54) is 38.4 Å². The Kier molecular flexibility index (Phi) is 5.31. The second-order valence-corrected chi connectivity index (χ2v) is 7.80. The third-order valence-electron chi connectivity index (χ3n) is 3.09. The zero-order chi connectivity index (χ0) is 17.2.